The predicted octanol–water partition coefficient (Wildman–Crippen LogP) is 6.85. The summed E-state index contributed by atoms with van der Waals surface area (Å²) in [5.41, 5.74) is 4.43. The van der Waals surface area contributed by atoms with Crippen molar-refractivity contribution in [3.05, 3.63) is 95.0 Å². The first-order chi connectivity index (χ1) is 13.2. The maximum Gasteiger partial charge on any atom is 0.165 e. The van der Waals surface area contributed by atoms with Gasteiger partial charge in [0, 0.05) is 16.5 Å². The lowest BCUT2D eigenvalue weighted by atomic mass is 9.92. The van der Waals surface area contributed by atoms with Crippen LogP contribution < -0.4 is 0 Å². The van der Waals surface area contributed by atoms with Gasteiger partial charge in [-0.15, -0.1) is 0 Å². The first-order valence-electron chi connectivity index (χ1n) is 9.63. The van der Waals surface area contributed by atoms with Crippen molar-refractivity contribution in [3.63, 3.8) is 0 Å². The van der Waals surface area contributed by atoms with Gasteiger partial charge in [-0.1, -0.05) is 78.3 Å². The molecule has 2 heteroatoms. The van der Waals surface area contributed by atoms with Crippen molar-refractivity contribution in [2.75, 3.05) is 0 Å². The molecule has 3 aromatic rings. The number of hydrogen-bond donors (Lipinski definition) is 0. The SMILES string of the molecule is O=C(c1ccc(-c2ccc(Cl)cc2)cc1)C1CCC(Cc2ccccc2)C1. The number of ketones is 1. The zero-order chi connectivity index (χ0) is 18.6. The Bertz CT molecular complexity index is 897. The molecule has 0 saturated heterocycles. The van der Waals surface area contributed by atoms with Crippen LogP contribution >= 0.6 is 11.6 Å². The summed E-state index contributed by atoms with van der Waals surface area (Å²) in [6.45, 7) is 0. The highest BCUT2D eigenvalue weighted by atomic mass is 35.5. The van der Waals surface area contributed by atoms with Crippen molar-refractivity contribution in [1.82, 2.24) is 0 Å². The van der Waals surface area contributed by atoms with E-state index in [9.17, 15) is 4.79 Å². The third-order valence-corrected chi connectivity index (χ3v) is 5.88. The molecular weight excluding hydrogens is 352 g/mol. The van der Waals surface area contributed by atoms with Crippen LogP contribution in [0.2, 0.25) is 5.02 Å². The molecule has 1 nitrogen and oxygen atoms in total. The maximum absolute atomic E-state index is 12.9. The van der Waals surface area contributed by atoms with Crippen molar-refractivity contribution in [3.8, 4) is 11.1 Å². The van der Waals surface area contributed by atoms with Gasteiger partial charge in [0.15, 0.2) is 5.78 Å². The summed E-state index contributed by atoms with van der Waals surface area (Å²) in [4.78, 5) is 12.9. The van der Waals surface area contributed by atoms with E-state index < -0.39 is 0 Å². The molecule has 0 amide bonds. The van der Waals surface area contributed by atoms with Gasteiger partial charge in [0.1, 0.15) is 0 Å². The van der Waals surface area contributed by atoms with Gasteiger partial charge in [0.25, 0.3) is 0 Å². The zero-order valence-electron chi connectivity index (χ0n) is 15.3. The van der Waals surface area contributed by atoms with Crippen LogP contribution in [-0.4, -0.2) is 5.78 Å². The third kappa shape index (κ3) is 4.31. The van der Waals surface area contributed by atoms with Crippen LogP contribution in [0.1, 0.15) is 35.2 Å². The molecule has 0 aliphatic heterocycles. The smallest absolute Gasteiger partial charge is 0.165 e. The molecule has 1 saturated carbocycles. The Morgan fingerprint density at radius 1 is 0.815 bits per heavy atom. The van der Waals surface area contributed by atoms with Crippen LogP contribution in [0, 0.1) is 11.8 Å². The molecule has 1 aliphatic carbocycles. The van der Waals surface area contributed by atoms with Crippen LogP contribution in [0.4, 0.5) is 0 Å². The van der Waals surface area contributed by atoms with Crippen molar-refractivity contribution in [2.45, 2.75) is 25.7 Å². The predicted molar refractivity (Wildman–Crippen MR) is 112 cm³/mol. The van der Waals surface area contributed by atoms with E-state index in [4.69, 9.17) is 11.6 Å². The molecule has 27 heavy (non-hydrogen) atoms. The average molecular weight is 375 g/mol. The molecule has 0 aromatic heterocycles. The Balaban J connectivity index is 1.40. The molecule has 4 rings (SSSR count). The standard InChI is InChI=1S/C25H23ClO/c26-24-14-12-21(13-15-24)20-8-10-22(11-9-20)25(27)23-7-6-19(17-23)16-18-4-2-1-3-5-18/h1-5,8-15,19,23H,6-7,16-17H2. The van der Waals surface area contributed by atoms with E-state index in [1.165, 1.54) is 5.56 Å². The fourth-order valence-corrected chi connectivity index (χ4v) is 4.28. The largest absolute Gasteiger partial charge is 0.294 e. The normalized spacial score (nSPS) is 19.1. The highest BCUT2D eigenvalue weighted by Gasteiger charge is 2.30. The first-order valence-corrected chi connectivity index (χ1v) is 10.0. The summed E-state index contributed by atoms with van der Waals surface area (Å²) >= 11 is 5.96. The Hall–Kier alpha value is -2.38. The van der Waals surface area contributed by atoms with E-state index in [0.717, 1.165) is 47.4 Å². The summed E-state index contributed by atoms with van der Waals surface area (Å²) in [5, 5.41) is 0.733. The second-order valence-electron chi connectivity index (χ2n) is 7.51. The molecule has 2 atom stereocenters. The number of halogens is 1. The molecule has 1 fully saturated rings. The van der Waals surface area contributed by atoms with E-state index in [1.54, 1.807) is 0 Å². The van der Waals surface area contributed by atoms with Gasteiger partial charge in [0.05, 0.1) is 0 Å². The maximum atomic E-state index is 12.9. The molecule has 3 aromatic carbocycles. The molecule has 0 N–H and O–H groups in total. The minimum absolute atomic E-state index is 0.167. The van der Waals surface area contributed by atoms with E-state index in [0.29, 0.717) is 11.7 Å². The van der Waals surface area contributed by atoms with Crippen molar-refractivity contribution < 1.29 is 4.79 Å². The Morgan fingerprint density at radius 2 is 1.44 bits per heavy atom. The zero-order valence-corrected chi connectivity index (χ0v) is 16.0. The monoisotopic (exact) mass is 374 g/mol. The number of hydrogen-bond acceptors (Lipinski definition) is 1. The van der Waals surface area contributed by atoms with Gasteiger partial charge >= 0.3 is 0 Å². The fourth-order valence-electron chi connectivity index (χ4n) is 4.15. The summed E-state index contributed by atoms with van der Waals surface area (Å²) in [5.74, 6) is 1.09. The van der Waals surface area contributed by atoms with Crippen LogP contribution in [0.15, 0.2) is 78.9 Å². The summed E-state index contributed by atoms with van der Waals surface area (Å²) < 4.78 is 0. The highest BCUT2D eigenvalue weighted by Crippen LogP contribution is 2.35. The van der Waals surface area contributed by atoms with Gasteiger partial charge in [-0.3, -0.25) is 4.79 Å². The second kappa shape index (κ2) is 8.10. The number of Topliss-reactive ketones (excluding diaryl/α,β-unsaturated/α-hetero) is 1. The van der Waals surface area contributed by atoms with E-state index in [-0.39, 0.29) is 5.92 Å². The number of benzene rings is 3. The second-order valence-corrected chi connectivity index (χ2v) is 7.95. The molecule has 0 bridgehead atoms. The number of carbonyl (C=O) groups is 1. The van der Waals surface area contributed by atoms with Gasteiger partial charge in [-0.05, 0) is 60.4 Å². The van der Waals surface area contributed by atoms with Crippen LogP contribution in [-0.2, 0) is 6.42 Å². The molecule has 0 heterocycles. The molecule has 0 radical (unpaired) electrons. The molecule has 136 valence electrons. The number of carbonyl (C=O) groups excluding carboxylic acids is 1. The highest BCUT2D eigenvalue weighted by molar-refractivity contribution is 6.30. The molecule has 0 spiro atoms. The van der Waals surface area contributed by atoms with Crippen LogP contribution in [0.25, 0.3) is 11.1 Å². The Morgan fingerprint density at radius 3 is 2.11 bits per heavy atom. The Kier molecular flexibility index (Phi) is 5.40. The lowest BCUT2D eigenvalue weighted by molar-refractivity contribution is 0.0920. The van der Waals surface area contributed by atoms with Crippen molar-refractivity contribution in [1.29, 1.82) is 0 Å². The lowest BCUT2D eigenvalue weighted by Gasteiger charge is -2.11. The summed E-state index contributed by atoms with van der Waals surface area (Å²) in [7, 11) is 0. The molecule has 2 unspecified atom stereocenters. The van der Waals surface area contributed by atoms with Crippen molar-refractivity contribution in [2.24, 2.45) is 11.8 Å². The minimum Gasteiger partial charge on any atom is -0.294 e. The van der Waals surface area contributed by atoms with E-state index >= 15 is 0 Å². The average Bonchev–Trinajstić information content (AvgIpc) is 3.17. The molecular formula is C25H23ClO. The van der Waals surface area contributed by atoms with E-state index in [1.807, 2.05) is 48.5 Å². The third-order valence-electron chi connectivity index (χ3n) is 5.63. The van der Waals surface area contributed by atoms with E-state index in [2.05, 4.69) is 30.3 Å². The van der Waals surface area contributed by atoms with Gasteiger partial charge < -0.3 is 0 Å². The van der Waals surface area contributed by atoms with Crippen LogP contribution in [0.3, 0.4) is 0 Å². The van der Waals surface area contributed by atoms with Gasteiger partial charge in [-0.2, -0.15) is 0 Å². The molecule has 1 aliphatic rings. The minimum atomic E-state index is 0.167. The fraction of sp³-hybridized carbons (Fsp3) is 0.240. The van der Waals surface area contributed by atoms with Gasteiger partial charge in [-0.25, -0.2) is 0 Å². The summed E-state index contributed by atoms with van der Waals surface area (Å²) in [6, 6.07) is 26.4. The van der Waals surface area contributed by atoms with Gasteiger partial charge in [0.2, 0.25) is 0 Å². The first kappa shape index (κ1) is 18.0. The quantitative estimate of drug-likeness (QED) is 0.446. The Labute approximate surface area is 166 Å². The summed E-state index contributed by atoms with van der Waals surface area (Å²) in [6.07, 6.45) is 4.25. The lowest BCUT2D eigenvalue weighted by Crippen LogP contribution is -2.12. The van der Waals surface area contributed by atoms with Crippen molar-refractivity contribution >= 4 is 17.4 Å². The van der Waals surface area contributed by atoms with Crippen LogP contribution in [0.5, 0.6) is 0 Å². The topological polar surface area (TPSA) is 17.1 Å². The number of rotatable bonds is 5.